The van der Waals surface area contributed by atoms with Gasteiger partial charge >= 0.3 is 5.76 Å². The third-order valence-corrected chi connectivity index (χ3v) is 4.37. The van der Waals surface area contributed by atoms with Crippen LogP contribution in [0, 0.1) is 0 Å². The van der Waals surface area contributed by atoms with Gasteiger partial charge in [-0.1, -0.05) is 0 Å². The number of oxazole rings is 1. The fourth-order valence-electron chi connectivity index (χ4n) is 1.66. The summed E-state index contributed by atoms with van der Waals surface area (Å²) in [4.78, 5) is 11.4. The Morgan fingerprint density at radius 2 is 2.16 bits per heavy atom. The van der Waals surface area contributed by atoms with Gasteiger partial charge in [0, 0.05) is 25.7 Å². The molecular weight excluding hydrogens is 270 g/mol. The first-order valence-electron chi connectivity index (χ1n) is 5.67. The topological polar surface area (TPSA) is 107 Å². The Balaban J connectivity index is 2.49. The summed E-state index contributed by atoms with van der Waals surface area (Å²) < 4.78 is 32.8. The summed E-state index contributed by atoms with van der Waals surface area (Å²) in [7, 11) is -2.12. The molecule has 0 aliphatic heterocycles. The molecule has 3 N–H and O–H groups in total. The van der Waals surface area contributed by atoms with Crippen molar-refractivity contribution in [1.29, 1.82) is 0 Å². The molecule has 1 aromatic heterocycles. The lowest BCUT2D eigenvalue weighted by atomic mass is 10.3. The van der Waals surface area contributed by atoms with Gasteiger partial charge in [0.15, 0.2) is 5.58 Å². The number of benzene rings is 1. The maximum Gasteiger partial charge on any atom is 0.419 e. The van der Waals surface area contributed by atoms with Gasteiger partial charge in [-0.15, -0.1) is 0 Å². The summed E-state index contributed by atoms with van der Waals surface area (Å²) in [6, 6.07) is 3.90. The van der Waals surface area contributed by atoms with Crippen LogP contribution in [0.3, 0.4) is 0 Å². The van der Waals surface area contributed by atoms with Crippen molar-refractivity contribution in [2.24, 2.45) is 12.8 Å². The first-order valence-corrected chi connectivity index (χ1v) is 7.15. The first kappa shape index (κ1) is 13.8. The van der Waals surface area contributed by atoms with Gasteiger partial charge in [0.25, 0.3) is 0 Å². The molecule has 1 heterocycles. The predicted molar refractivity (Wildman–Crippen MR) is 70.3 cm³/mol. The molecule has 1 aromatic carbocycles. The van der Waals surface area contributed by atoms with Crippen molar-refractivity contribution in [3.8, 4) is 0 Å². The number of nitrogens with two attached hydrogens (primary N) is 1. The van der Waals surface area contributed by atoms with Gasteiger partial charge in [-0.05, 0) is 19.1 Å². The molecule has 1 atom stereocenters. The van der Waals surface area contributed by atoms with Crippen molar-refractivity contribution in [2.45, 2.75) is 17.9 Å². The molecule has 7 nitrogen and oxygen atoms in total. The highest BCUT2D eigenvalue weighted by Gasteiger charge is 2.18. The SMILES string of the molecule is CC(CN)NS(=O)(=O)c1ccc2c(c1)oc(=O)n2C. The fraction of sp³-hybridized carbons (Fsp3) is 0.364. The molecule has 1 unspecified atom stereocenters. The van der Waals surface area contributed by atoms with Crippen molar-refractivity contribution >= 4 is 21.1 Å². The number of rotatable bonds is 4. The summed E-state index contributed by atoms with van der Waals surface area (Å²) in [6.45, 7) is 1.86. The Labute approximate surface area is 110 Å². The maximum absolute atomic E-state index is 12.0. The van der Waals surface area contributed by atoms with E-state index in [1.807, 2.05) is 0 Å². The van der Waals surface area contributed by atoms with Gasteiger partial charge < -0.3 is 10.2 Å². The van der Waals surface area contributed by atoms with E-state index in [9.17, 15) is 13.2 Å². The molecule has 0 saturated heterocycles. The maximum atomic E-state index is 12.0. The van der Waals surface area contributed by atoms with Crippen molar-refractivity contribution in [3.05, 3.63) is 28.7 Å². The van der Waals surface area contributed by atoms with E-state index in [0.717, 1.165) is 0 Å². The fourth-order valence-corrected chi connectivity index (χ4v) is 2.93. The van der Waals surface area contributed by atoms with Crippen LogP contribution in [0.15, 0.2) is 32.3 Å². The molecule has 2 aromatic rings. The van der Waals surface area contributed by atoms with Crippen molar-refractivity contribution in [1.82, 2.24) is 9.29 Å². The molecule has 104 valence electrons. The number of aromatic nitrogens is 1. The number of aryl methyl sites for hydroxylation is 1. The quantitative estimate of drug-likeness (QED) is 0.806. The molecule has 0 fully saturated rings. The van der Waals surface area contributed by atoms with E-state index in [0.29, 0.717) is 5.52 Å². The van der Waals surface area contributed by atoms with Crippen molar-refractivity contribution in [2.75, 3.05) is 6.54 Å². The monoisotopic (exact) mass is 285 g/mol. The van der Waals surface area contributed by atoms with E-state index in [1.165, 1.54) is 22.8 Å². The third kappa shape index (κ3) is 2.55. The lowest BCUT2D eigenvalue weighted by molar-refractivity contribution is 0.527. The van der Waals surface area contributed by atoms with Crippen LogP contribution in [-0.4, -0.2) is 25.6 Å². The van der Waals surface area contributed by atoms with Gasteiger partial charge in [0.05, 0.1) is 10.4 Å². The molecule has 8 heteroatoms. The normalized spacial score (nSPS) is 13.8. The standard InChI is InChI=1S/C11H15N3O4S/c1-7(6-12)13-19(16,17)8-3-4-9-10(5-8)18-11(15)14(9)2/h3-5,7,13H,6,12H2,1-2H3. The summed E-state index contributed by atoms with van der Waals surface area (Å²) in [5.74, 6) is -0.534. The van der Waals surface area contributed by atoms with Gasteiger partial charge in [-0.25, -0.2) is 17.9 Å². The molecule has 0 bridgehead atoms. The van der Waals surface area contributed by atoms with E-state index in [4.69, 9.17) is 10.2 Å². The van der Waals surface area contributed by atoms with Gasteiger partial charge in [-0.2, -0.15) is 0 Å². The third-order valence-electron chi connectivity index (χ3n) is 2.78. The average Bonchev–Trinajstić information content (AvgIpc) is 2.64. The van der Waals surface area contributed by atoms with Crippen LogP contribution in [0.4, 0.5) is 0 Å². The first-order chi connectivity index (χ1) is 8.85. The summed E-state index contributed by atoms with van der Waals surface area (Å²) >= 11 is 0. The van der Waals surface area contributed by atoms with Crippen LogP contribution < -0.4 is 16.2 Å². The summed E-state index contributed by atoms with van der Waals surface area (Å²) in [5, 5.41) is 0. The Morgan fingerprint density at radius 3 is 2.79 bits per heavy atom. The molecule has 0 radical (unpaired) electrons. The van der Waals surface area contributed by atoms with E-state index in [-0.39, 0.29) is 23.1 Å². The molecule has 0 saturated carbocycles. The van der Waals surface area contributed by atoms with E-state index in [2.05, 4.69) is 4.72 Å². The molecule has 0 aliphatic carbocycles. The van der Waals surface area contributed by atoms with Crippen LogP contribution in [0.25, 0.3) is 11.1 Å². The predicted octanol–water partition coefficient (Wildman–Crippen LogP) is -0.243. The number of sulfonamides is 1. The second-order valence-corrected chi connectivity index (χ2v) is 6.03. The molecule has 0 aliphatic rings. The van der Waals surface area contributed by atoms with Gasteiger partial charge in [0.1, 0.15) is 0 Å². The Morgan fingerprint density at radius 1 is 1.47 bits per heavy atom. The molecule has 19 heavy (non-hydrogen) atoms. The minimum atomic E-state index is -3.67. The summed E-state index contributed by atoms with van der Waals surface area (Å²) in [6.07, 6.45) is 0. The summed E-state index contributed by atoms with van der Waals surface area (Å²) in [5.41, 5.74) is 6.15. The van der Waals surface area contributed by atoms with Gasteiger partial charge in [-0.3, -0.25) is 4.57 Å². The zero-order chi connectivity index (χ0) is 14.2. The molecule has 2 rings (SSSR count). The van der Waals surface area contributed by atoms with Crippen LogP contribution in [0.5, 0.6) is 0 Å². The molecular formula is C11H15N3O4S. The van der Waals surface area contributed by atoms with Crippen molar-refractivity contribution in [3.63, 3.8) is 0 Å². The van der Waals surface area contributed by atoms with Crippen LogP contribution in [0.2, 0.25) is 0 Å². The second-order valence-electron chi connectivity index (χ2n) is 4.31. The highest BCUT2D eigenvalue weighted by molar-refractivity contribution is 7.89. The Hall–Kier alpha value is -1.64. The smallest absolute Gasteiger partial charge is 0.408 e. The van der Waals surface area contributed by atoms with Crippen molar-refractivity contribution < 1.29 is 12.8 Å². The number of nitrogens with one attached hydrogen (secondary N) is 1. The highest BCUT2D eigenvalue weighted by Crippen LogP contribution is 2.17. The van der Waals surface area contributed by atoms with E-state index >= 15 is 0 Å². The number of hydrogen-bond acceptors (Lipinski definition) is 5. The molecule has 0 spiro atoms. The zero-order valence-electron chi connectivity index (χ0n) is 10.6. The Bertz CT molecular complexity index is 760. The Kier molecular flexibility index (Phi) is 3.48. The highest BCUT2D eigenvalue weighted by atomic mass is 32.2. The average molecular weight is 285 g/mol. The van der Waals surface area contributed by atoms with Crippen LogP contribution >= 0.6 is 0 Å². The molecule has 0 amide bonds. The number of fused-ring (bicyclic) bond motifs is 1. The minimum Gasteiger partial charge on any atom is -0.408 e. The van der Waals surface area contributed by atoms with Gasteiger partial charge in [0.2, 0.25) is 10.0 Å². The lowest BCUT2D eigenvalue weighted by Gasteiger charge is -2.11. The second kappa shape index (κ2) is 4.80. The van der Waals surface area contributed by atoms with Crippen LogP contribution in [0.1, 0.15) is 6.92 Å². The number of hydrogen-bond donors (Lipinski definition) is 2. The van der Waals surface area contributed by atoms with E-state index in [1.54, 1.807) is 14.0 Å². The van der Waals surface area contributed by atoms with E-state index < -0.39 is 15.8 Å². The minimum absolute atomic E-state index is 0.0367. The lowest BCUT2D eigenvalue weighted by Crippen LogP contribution is -2.37. The number of nitrogens with zero attached hydrogens (tertiary/aromatic N) is 1. The largest absolute Gasteiger partial charge is 0.419 e. The zero-order valence-corrected chi connectivity index (χ0v) is 11.4. The van der Waals surface area contributed by atoms with Crippen LogP contribution in [-0.2, 0) is 17.1 Å².